The summed E-state index contributed by atoms with van der Waals surface area (Å²) in [5, 5.41) is 0. The fourth-order valence-electron chi connectivity index (χ4n) is 4.62. The molecule has 2 atom stereocenters. The highest BCUT2D eigenvalue weighted by molar-refractivity contribution is 5.89. The Morgan fingerprint density at radius 1 is 0.833 bits per heavy atom. The highest BCUT2D eigenvalue weighted by atomic mass is 16.5. The Kier molecular flexibility index (Phi) is 10.1. The largest absolute Gasteiger partial charge is 0.361 e. The van der Waals surface area contributed by atoms with Gasteiger partial charge in [0, 0.05) is 13.0 Å². The molecule has 0 aliphatic rings. The van der Waals surface area contributed by atoms with Crippen LogP contribution in [0.15, 0.2) is 116 Å². The molecule has 0 aliphatic heterocycles. The van der Waals surface area contributed by atoms with Gasteiger partial charge in [-0.15, -0.1) is 0 Å². The number of rotatable bonds is 14. The molecule has 0 heterocycles. The minimum absolute atomic E-state index is 0.00902. The molecule has 0 bridgehead atoms. The molecular formula is C33H36O3. The molecule has 0 radical (unpaired) electrons. The topological polar surface area (TPSA) is 43.4 Å². The number of carbonyl (C=O) groups excluding carboxylic acids is 2. The fourth-order valence-corrected chi connectivity index (χ4v) is 4.62. The molecule has 0 saturated heterocycles. The molecular weight excluding hydrogens is 444 g/mol. The predicted octanol–water partition coefficient (Wildman–Crippen LogP) is 7.32. The summed E-state index contributed by atoms with van der Waals surface area (Å²) in [7, 11) is 0. The van der Waals surface area contributed by atoms with Crippen molar-refractivity contribution in [2.45, 2.75) is 38.7 Å². The second kappa shape index (κ2) is 13.5. The van der Waals surface area contributed by atoms with Crippen LogP contribution in [0.3, 0.4) is 0 Å². The van der Waals surface area contributed by atoms with E-state index in [1.165, 1.54) is 6.08 Å². The average Bonchev–Trinajstić information content (AvgIpc) is 2.92. The van der Waals surface area contributed by atoms with Crippen LogP contribution in [0.4, 0.5) is 0 Å². The van der Waals surface area contributed by atoms with Crippen molar-refractivity contribution in [1.82, 2.24) is 0 Å². The van der Waals surface area contributed by atoms with E-state index in [0.29, 0.717) is 19.4 Å². The molecule has 186 valence electrons. The second-order valence-electron chi connectivity index (χ2n) is 9.24. The molecule has 3 aromatic rings. The minimum Gasteiger partial charge on any atom is -0.361 e. The smallest absolute Gasteiger partial charge is 0.155 e. The van der Waals surface area contributed by atoms with Crippen LogP contribution in [0.2, 0.25) is 0 Å². The summed E-state index contributed by atoms with van der Waals surface area (Å²) in [6.07, 6.45) is 6.81. The van der Waals surface area contributed by atoms with E-state index < -0.39 is 5.60 Å². The molecule has 0 fully saturated rings. The lowest BCUT2D eigenvalue weighted by Crippen LogP contribution is -2.33. The molecule has 3 rings (SSSR count). The van der Waals surface area contributed by atoms with Gasteiger partial charge in [-0.25, -0.2) is 0 Å². The second-order valence-corrected chi connectivity index (χ2v) is 9.24. The van der Waals surface area contributed by atoms with Gasteiger partial charge >= 0.3 is 0 Å². The Bertz CT molecular complexity index is 1040. The van der Waals surface area contributed by atoms with E-state index in [1.54, 1.807) is 13.0 Å². The standard InChI is InChI=1S/C33H36O3/c1-4-32(35)23-22-28(21-20-27(3)34)26(2)24-25-36-33(29-14-8-5-9-15-29,30-16-10-6-11-17-30)31-18-12-7-13-19-31/h4-21,26,28H,1,22-25H2,2-3H3/b21-20+/t26-,28+/m0/s1. The summed E-state index contributed by atoms with van der Waals surface area (Å²) in [4.78, 5) is 23.4. The van der Waals surface area contributed by atoms with Gasteiger partial charge in [-0.3, -0.25) is 9.59 Å². The summed E-state index contributed by atoms with van der Waals surface area (Å²) < 4.78 is 6.91. The Labute approximate surface area is 215 Å². The molecule has 0 unspecified atom stereocenters. The van der Waals surface area contributed by atoms with Crippen LogP contribution in [0.5, 0.6) is 0 Å². The van der Waals surface area contributed by atoms with Gasteiger partial charge in [0.1, 0.15) is 5.60 Å². The maximum Gasteiger partial charge on any atom is 0.155 e. The highest BCUT2D eigenvalue weighted by Crippen LogP contribution is 2.40. The van der Waals surface area contributed by atoms with Crippen LogP contribution in [0.25, 0.3) is 0 Å². The number of carbonyl (C=O) groups is 2. The van der Waals surface area contributed by atoms with Crippen molar-refractivity contribution in [3.05, 3.63) is 132 Å². The van der Waals surface area contributed by atoms with Crippen LogP contribution < -0.4 is 0 Å². The third-order valence-corrected chi connectivity index (χ3v) is 6.69. The van der Waals surface area contributed by atoms with Crippen LogP contribution >= 0.6 is 0 Å². The van der Waals surface area contributed by atoms with Gasteiger partial charge in [0.2, 0.25) is 0 Å². The summed E-state index contributed by atoms with van der Waals surface area (Å²) in [6.45, 7) is 7.80. The lowest BCUT2D eigenvalue weighted by atomic mass is 9.80. The normalized spacial score (nSPS) is 13.3. The van der Waals surface area contributed by atoms with Gasteiger partial charge in [0.25, 0.3) is 0 Å². The van der Waals surface area contributed by atoms with E-state index in [-0.39, 0.29) is 23.4 Å². The van der Waals surface area contributed by atoms with Crippen LogP contribution in [0, 0.1) is 11.8 Å². The van der Waals surface area contributed by atoms with E-state index in [2.05, 4.69) is 49.9 Å². The van der Waals surface area contributed by atoms with Crippen LogP contribution in [-0.4, -0.2) is 18.2 Å². The van der Waals surface area contributed by atoms with Crippen molar-refractivity contribution < 1.29 is 14.3 Å². The maximum atomic E-state index is 11.9. The Hall–Kier alpha value is -3.56. The van der Waals surface area contributed by atoms with Gasteiger partial charge in [-0.1, -0.05) is 111 Å². The average molecular weight is 481 g/mol. The first-order valence-electron chi connectivity index (χ1n) is 12.6. The monoisotopic (exact) mass is 480 g/mol. The SMILES string of the molecule is C=CC(=O)CC[C@@H](/C=C/C(C)=O)[C@@H](C)CCOC(c1ccccc1)(c1ccccc1)c1ccccc1. The molecule has 0 spiro atoms. The third-order valence-electron chi connectivity index (χ3n) is 6.69. The molecule has 3 aromatic carbocycles. The van der Waals surface area contributed by atoms with Gasteiger partial charge in [0.15, 0.2) is 11.6 Å². The van der Waals surface area contributed by atoms with E-state index in [9.17, 15) is 9.59 Å². The van der Waals surface area contributed by atoms with E-state index >= 15 is 0 Å². The fraction of sp³-hybridized carbons (Fsp3) is 0.273. The number of hydrogen-bond acceptors (Lipinski definition) is 3. The lowest BCUT2D eigenvalue weighted by molar-refractivity contribution is -0.115. The van der Waals surface area contributed by atoms with Crippen molar-refractivity contribution >= 4 is 11.6 Å². The van der Waals surface area contributed by atoms with E-state index in [4.69, 9.17) is 4.74 Å². The first kappa shape index (κ1) is 27.0. The van der Waals surface area contributed by atoms with Gasteiger partial charge in [-0.2, -0.15) is 0 Å². The molecule has 0 aromatic heterocycles. The molecule has 3 heteroatoms. The Balaban J connectivity index is 1.90. The zero-order valence-electron chi connectivity index (χ0n) is 21.3. The molecule has 0 amide bonds. The molecule has 0 saturated carbocycles. The van der Waals surface area contributed by atoms with Gasteiger partial charge in [-0.05, 0) is 60.4 Å². The third kappa shape index (κ3) is 6.99. The van der Waals surface area contributed by atoms with Crippen molar-refractivity contribution in [3.63, 3.8) is 0 Å². The number of benzene rings is 3. The molecule has 36 heavy (non-hydrogen) atoms. The first-order chi connectivity index (χ1) is 17.5. The summed E-state index contributed by atoms with van der Waals surface area (Å²) in [6, 6.07) is 31.0. The number of ether oxygens (including phenoxy) is 1. The number of ketones is 2. The van der Waals surface area contributed by atoms with Crippen molar-refractivity contribution in [2.24, 2.45) is 11.8 Å². The van der Waals surface area contributed by atoms with Crippen molar-refractivity contribution in [3.8, 4) is 0 Å². The summed E-state index contributed by atoms with van der Waals surface area (Å²) in [5.41, 5.74) is 2.45. The first-order valence-corrected chi connectivity index (χ1v) is 12.6. The predicted molar refractivity (Wildman–Crippen MR) is 147 cm³/mol. The highest BCUT2D eigenvalue weighted by Gasteiger charge is 2.37. The lowest BCUT2D eigenvalue weighted by Gasteiger charge is -2.36. The van der Waals surface area contributed by atoms with E-state index in [0.717, 1.165) is 23.1 Å². The zero-order chi connectivity index (χ0) is 25.8. The van der Waals surface area contributed by atoms with Gasteiger partial charge in [0.05, 0.1) is 0 Å². The molecule has 3 nitrogen and oxygen atoms in total. The molecule has 0 N–H and O–H groups in total. The quantitative estimate of drug-likeness (QED) is 0.179. The van der Waals surface area contributed by atoms with Crippen molar-refractivity contribution in [2.75, 3.05) is 6.61 Å². The maximum absolute atomic E-state index is 11.9. The van der Waals surface area contributed by atoms with Crippen LogP contribution in [0.1, 0.15) is 49.8 Å². The Morgan fingerprint density at radius 2 is 1.31 bits per heavy atom. The summed E-state index contributed by atoms with van der Waals surface area (Å²) >= 11 is 0. The molecule has 0 aliphatic carbocycles. The summed E-state index contributed by atoms with van der Waals surface area (Å²) in [5.74, 6) is 0.352. The zero-order valence-corrected chi connectivity index (χ0v) is 21.3. The van der Waals surface area contributed by atoms with Gasteiger partial charge < -0.3 is 4.74 Å². The van der Waals surface area contributed by atoms with Crippen molar-refractivity contribution in [1.29, 1.82) is 0 Å². The number of allylic oxidation sites excluding steroid dienone is 3. The Morgan fingerprint density at radius 3 is 1.72 bits per heavy atom. The number of hydrogen-bond donors (Lipinski definition) is 0. The van der Waals surface area contributed by atoms with E-state index in [1.807, 2.05) is 60.7 Å². The van der Waals surface area contributed by atoms with Crippen LogP contribution in [-0.2, 0) is 19.9 Å². The minimum atomic E-state index is -0.757.